The molecule has 6 heteroatoms. The molecular formula is C22H20N4O2. The van der Waals surface area contributed by atoms with Gasteiger partial charge >= 0.3 is 0 Å². The summed E-state index contributed by atoms with van der Waals surface area (Å²) in [5.41, 5.74) is 4.61. The van der Waals surface area contributed by atoms with Crippen LogP contribution in [0.3, 0.4) is 0 Å². The van der Waals surface area contributed by atoms with Crippen LogP contribution in [0.4, 0.5) is 0 Å². The van der Waals surface area contributed by atoms with E-state index in [1.165, 1.54) is 0 Å². The molecule has 2 aromatic heterocycles. The average molecular weight is 372 g/mol. The molecular weight excluding hydrogens is 352 g/mol. The van der Waals surface area contributed by atoms with E-state index in [-0.39, 0.29) is 7.21 Å². The lowest BCUT2D eigenvalue weighted by Crippen LogP contribution is -1.98. The van der Waals surface area contributed by atoms with Gasteiger partial charge in [-0.05, 0) is 37.6 Å². The van der Waals surface area contributed by atoms with Crippen LogP contribution in [0, 0.1) is 6.92 Å². The van der Waals surface area contributed by atoms with Gasteiger partial charge in [0.25, 0.3) is 5.89 Å². The molecule has 0 amide bonds. The van der Waals surface area contributed by atoms with E-state index in [0.29, 0.717) is 35.3 Å². The maximum absolute atomic E-state index is 11.4. The van der Waals surface area contributed by atoms with E-state index in [4.69, 9.17) is 9.40 Å². The minimum atomic E-state index is 0. The standard InChI is InChI=1S/C22H18N4O2.H2/c1-14(27)11-16-7-6-10-18(12-16)19-13-23-15(2)20(24-19)22-26-25-21(28-22)17-8-4-3-5-9-17;/h3-10,12-13H,11H2,1-2H3;1H. The molecule has 0 aliphatic heterocycles. The second-order valence-electron chi connectivity index (χ2n) is 6.55. The van der Waals surface area contributed by atoms with E-state index in [1.807, 2.05) is 61.5 Å². The molecule has 0 radical (unpaired) electrons. The second kappa shape index (κ2) is 7.52. The Kier molecular flexibility index (Phi) is 4.76. The highest BCUT2D eigenvalue weighted by molar-refractivity contribution is 5.78. The first kappa shape index (κ1) is 17.7. The molecule has 0 aliphatic carbocycles. The molecule has 4 rings (SSSR count). The third kappa shape index (κ3) is 3.71. The molecule has 6 nitrogen and oxygen atoms in total. The van der Waals surface area contributed by atoms with Crippen LogP contribution in [-0.4, -0.2) is 25.9 Å². The smallest absolute Gasteiger partial charge is 0.268 e. The molecule has 0 aliphatic rings. The number of Topliss-reactive ketones (excluding diaryl/α,β-unsaturated/α-hetero) is 1. The van der Waals surface area contributed by atoms with Crippen LogP contribution >= 0.6 is 0 Å². The first-order chi connectivity index (χ1) is 13.6. The van der Waals surface area contributed by atoms with E-state index in [9.17, 15) is 4.79 Å². The van der Waals surface area contributed by atoms with Crippen molar-refractivity contribution in [3.05, 3.63) is 72.1 Å². The lowest BCUT2D eigenvalue weighted by Gasteiger charge is -2.06. The van der Waals surface area contributed by atoms with Crippen molar-refractivity contribution >= 4 is 5.78 Å². The number of nitrogens with zero attached hydrogens (tertiary/aromatic N) is 4. The number of ketones is 1. The van der Waals surface area contributed by atoms with Gasteiger partial charge < -0.3 is 4.42 Å². The Morgan fingerprint density at radius 3 is 2.54 bits per heavy atom. The summed E-state index contributed by atoms with van der Waals surface area (Å²) in [7, 11) is 0. The summed E-state index contributed by atoms with van der Waals surface area (Å²) < 4.78 is 5.83. The Morgan fingerprint density at radius 2 is 1.75 bits per heavy atom. The summed E-state index contributed by atoms with van der Waals surface area (Å²) >= 11 is 0. The van der Waals surface area contributed by atoms with Gasteiger partial charge in [0.05, 0.1) is 17.6 Å². The van der Waals surface area contributed by atoms with Crippen LogP contribution in [0.1, 0.15) is 19.6 Å². The van der Waals surface area contributed by atoms with Crippen LogP contribution in [-0.2, 0) is 11.2 Å². The quantitative estimate of drug-likeness (QED) is 0.511. The molecule has 0 unspecified atom stereocenters. The number of benzene rings is 2. The molecule has 140 valence electrons. The number of hydrogen-bond donors (Lipinski definition) is 0. The van der Waals surface area contributed by atoms with E-state index in [1.54, 1.807) is 13.1 Å². The van der Waals surface area contributed by atoms with Gasteiger partial charge in [-0.15, -0.1) is 10.2 Å². The van der Waals surface area contributed by atoms with Crippen molar-refractivity contribution in [1.82, 2.24) is 20.2 Å². The molecule has 2 heterocycles. The Morgan fingerprint density at radius 1 is 1.00 bits per heavy atom. The number of aromatic nitrogens is 4. The third-order valence-corrected chi connectivity index (χ3v) is 4.28. The first-order valence-corrected chi connectivity index (χ1v) is 8.92. The monoisotopic (exact) mass is 372 g/mol. The Labute approximate surface area is 163 Å². The van der Waals surface area contributed by atoms with Gasteiger partial charge in [0.15, 0.2) is 0 Å². The molecule has 4 aromatic rings. The van der Waals surface area contributed by atoms with Crippen molar-refractivity contribution < 1.29 is 10.6 Å². The molecule has 0 spiro atoms. The number of aryl methyl sites for hydroxylation is 1. The highest BCUT2D eigenvalue weighted by Crippen LogP contribution is 2.26. The van der Waals surface area contributed by atoms with E-state index in [2.05, 4.69) is 15.2 Å². The SMILES string of the molecule is CC(=O)Cc1cccc(-c2cnc(C)c(-c3nnc(-c4ccccc4)o3)n2)c1.[HH]. The van der Waals surface area contributed by atoms with E-state index in [0.717, 1.165) is 16.7 Å². The number of rotatable bonds is 5. The van der Waals surface area contributed by atoms with Crippen LogP contribution in [0.2, 0.25) is 0 Å². The fraction of sp³-hybridized carbons (Fsp3) is 0.136. The zero-order valence-corrected chi connectivity index (χ0v) is 15.6. The summed E-state index contributed by atoms with van der Waals surface area (Å²) in [6, 6.07) is 17.3. The fourth-order valence-corrected chi connectivity index (χ4v) is 2.94. The maximum Gasteiger partial charge on any atom is 0.268 e. The molecule has 0 fully saturated rings. The van der Waals surface area contributed by atoms with Gasteiger partial charge in [0.1, 0.15) is 11.5 Å². The maximum atomic E-state index is 11.4. The van der Waals surface area contributed by atoms with Gasteiger partial charge in [-0.1, -0.05) is 36.4 Å². The number of carbonyl (C=O) groups excluding carboxylic acids is 1. The van der Waals surface area contributed by atoms with Crippen LogP contribution < -0.4 is 0 Å². The van der Waals surface area contributed by atoms with Crippen LogP contribution in [0.5, 0.6) is 0 Å². The second-order valence-corrected chi connectivity index (χ2v) is 6.55. The first-order valence-electron chi connectivity index (χ1n) is 8.92. The Hall–Kier alpha value is -3.67. The lowest BCUT2D eigenvalue weighted by atomic mass is 10.0. The highest BCUT2D eigenvalue weighted by atomic mass is 16.4. The molecule has 0 bridgehead atoms. The number of carbonyl (C=O) groups is 1. The van der Waals surface area contributed by atoms with Gasteiger partial charge in [-0.2, -0.15) is 0 Å². The Balaban J connectivity index is 0.00000240. The summed E-state index contributed by atoms with van der Waals surface area (Å²) in [4.78, 5) is 20.6. The zero-order valence-electron chi connectivity index (χ0n) is 15.6. The number of hydrogen-bond acceptors (Lipinski definition) is 6. The van der Waals surface area contributed by atoms with E-state index >= 15 is 0 Å². The van der Waals surface area contributed by atoms with Gasteiger partial charge in [-0.25, -0.2) is 4.98 Å². The predicted octanol–water partition coefficient (Wildman–Crippen LogP) is 4.55. The highest BCUT2D eigenvalue weighted by Gasteiger charge is 2.16. The fourth-order valence-electron chi connectivity index (χ4n) is 2.94. The van der Waals surface area contributed by atoms with Crippen molar-refractivity contribution in [3.8, 4) is 34.3 Å². The van der Waals surface area contributed by atoms with Gasteiger partial charge in [0, 0.05) is 19.0 Å². The third-order valence-electron chi connectivity index (χ3n) is 4.28. The van der Waals surface area contributed by atoms with Gasteiger partial charge in [-0.3, -0.25) is 9.78 Å². The summed E-state index contributed by atoms with van der Waals surface area (Å²) in [6.07, 6.45) is 2.10. The molecule has 0 saturated heterocycles. The van der Waals surface area contributed by atoms with Crippen LogP contribution in [0.25, 0.3) is 34.3 Å². The van der Waals surface area contributed by atoms with Crippen molar-refractivity contribution in [2.45, 2.75) is 20.3 Å². The minimum absolute atomic E-state index is 0. The largest absolute Gasteiger partial charge is 0.415 e. The summed E-state index contributed by atoms with van der Waals surface area (Å²) in [6.45, 7) is 3.43. The molecule has 0 N–H and O–H groups in total. The van der Waals surface area contributed by atoms with Crippen molar-refractivity contribution in [2.24, 2.45) is 0 Å². The van der Waals surface area contributed by atoms with Crippen LogP contribution in [0.15, 0.2) is 65.2 Å². The topological polar surface area (TPSA) is 81.8 Å². The van der Waals surface area contributed by atoms with Crippen molar-refractivity contribution in [2.75, 3.05) is 0 Å². The molecule has 28 heavy (non-hydrogen) atoms. The molecule has 2 aromatic carbocycles. The van der Waals surface area contributed by atoms with Crippen molar-refractivity contribution in [3.63, 3.8) is 0 Å². The molecule has 0 saturated carbocycles. The van der Waals surface area contributed by atoms with Crippen molar-refractivity contribution in [1.29, 1.82) is 0 Å². The normalized spacial score (nSPS) is 10.8. The zero-order chi connectivity index (χ0) is 19.5. The minimum Gasteiger partial charge on any atom is -0.415 e. The van der Waals surface area contributed by atoms with Gasteiger partial charge in [0.2, 0.25) is 5.89 Å². The lowest BCUT2D eigenvalue weighted by molar-refractivity contribution is -0.116. The molecule has 0 atom stereocenters. The summed E-state index contributed by atoms with van der Waals surface area (Å²) in [5, 5.41) is 8.28. The average Bonchev–Trinajstić information content (AvgIpc) is 3.19. The van der Waals surface area contributed by atoms with E-state index < -0.39 is 0 Å². The Bertz CT molecular complexity index is 1140. The predicted molar refractivity (Wildman–Crippen MR) is 107 cm³/mol. The summed E-state index contributed by atoms with van der Waals surface area (Å²) in [5.74, 6) is 0.878.